The molecule has 0 saturated carbocycles. The molecule has 2 amide bonds. The van der Waals surface area contributed by atoms with Gasteiger partial charge in [0.2, 0.25) is 11.8 Å². The summed E-state index contributed by atoms with van der Waals surface area (Å²) >= 11 is 0. The number of benzene rings is 1. The van der Waals surface area contributed by atoms with Gasteiger partial charge >= 0.3 is 0 Å². The van der Waals surface area contributed by atoms with Crippen molar-refractivity contribution in [1.82, 2.24) is 24.7 Å². The summed E-state index contributed by atoms with van der Waals surface area (Å²) in [7, 11) is -3.91. The van der Waals surface area contributed by atoms with Gasteiger partial charge in [-0.1, -0.05) is 0 Å². The Morgan fingerprint density at radius 1 is 0.971 bits per heavy atom. The SMILES string of the molecule is CC(=O)NS(=O)(=O)c1ccc(NC(=O)C2CCN(c3ccc(-n4nc(C)cc4C)nn3)CC2)cc1. The second kappa shape index (κ2) is 9.82. The highest BCUT2D eigenvalue weighted by molar-refractivity contribution is 7.90. The number of rotatable bonds is 6. The van der Waals surface area contributed by atoms with Crippen molar-refractivity contribution >= 4 is 33.3 Å². The van der Waals surface area contributed by atoms with Crippen LogP contribution in [0.4, 0.5) is 11.5 Å². The summed E-state index contributed by atoms with van der Waals surface area (Å²) in [6, 6.07) is 11.5. The van der Waals surface area contributed by atoms with Crippen LogP contribution in [0.25, 0.3) is 5.82 Å². The molecule has 0 unspecified atom stereocenters. The largest absolute Gasteiger partial charge is 0.355 e. The highest BCUT2D eigenvalue weighted by atomic mass is 32.2. The van der Waals surface area contributed by atoms with Crippen molar-refractivity contribution in [3.05, 3.63) is 53.9 Å². The molecule has 0 bridgehead atoms. The minimum atomic E-state index is -3.91. The van der Waals surface area contributed by atoms with E-state index in [0.717, 1.165) is 24.1 Å². The Balaban J connectivity index is 1.32. The molecular weight excluding hydrogens is 470 g/mol. The fraction of sp³-hybridized carbons (Fsp3) is 0.348. The van der Waals surface area contributed by atoms with Crippen LogP contribution in [0.2, 0.25) is 0 Å². The van der Waals surface area contributed by atoms with Gasteiger partial charge in [-0.15, -0.1) is 10.2 Å². The van der Waals surface area contributed by atoms with Gasteiger partial charge in [-0.2, -0.15) is 5.10 Å². The summed E-state index contributed by atoms with van der Waals surface area (Å²) in [5.74, 6) is 0.456. The molecule has 3 aromatic rings. The highest BCUT2D eigenvalue weighted by Gasteiger charge is 2.26. The summed E-state index contributed by atoms with van der Waals surface area (Å²) in [5.41, 5.74) is 2.39. The molecule has 35 heavy (non-hydrogen) atoms. The van der Waals surface area contributed by atoms with Crippen LogP contribution in [-0.4, -0.2) is 53.3 Å². The lowest BCUT2D eigenvalue weighted by atomic mass is 9.96. The maximum Gasteiger partial charge on any atom is 0.264 e. The monoisotopic (exact) mass is 497 g/mol. The molecule has 0 spiro atoms. The third-order valence-corrected chi connectivity index (χ3v) is 7.21. The first-order chi connectivity index (χ1) is 16.6. The van der Waals surface area contributed by atoms with Crippen LogP contribution >= 0.6 is 0 Å². The Morgan fingerprint density at radius 2 is 1.60 bits per heavy atom. The summed E-state index contributed by atoms with van der Waals surface area (Å²) in [4.78, 5) is 25.8. The van der Waals surface area contributed by atoms with E-state index in [4.69, 9.17) is 0 Å². The van der Waals surface area contributed by atoms with E-state index in [-0.39, 0.29) is 16.7 Å². The van der Waals surface area contributed by atoms with Crippen LogP contribution in [0.15, 0.2) is 47.4 Å². The zero-order valence-electron chi connectivity index (χ0n) is 19.7. The lowest BCUT2D eigenvalue weighted by molar-refractivity contribution is -0.120. The van der Waals surface area contributed by atoms with Gasteiger partial charge in [0.25, 0.3) is 10.0 Å². The first kappa shape index (κ1) is 24.3. The van der Waals surface area contributed by atoms with Gasteiger partial charge in [0.1, 0.15) is 0 Å². The minimum absolute atomic E-state index is 0.0519. The molecule has 4 rings (SSSR count). The van der Waals surface area contributed by atoms with Gasteiger partial charge in [0.15, 0.2) is 11.6 Å². The Bertz CT molecular complexity index is 1330. The van der Waals surface area contributed by atoms with Crippen molar-refractivity contribution in [2.24, 2.45) is 5.92 Å². The van der Waals surface area contributed by atoms with Crippen molar-refractivity contribution in [1.29, 1.82) is 0 Å². The first-order valence-electron chi connectivity index (χ1n) is 11.2. The highest BCUT2D eigenvalue weighted by Crippen LogP contribution is 2.24. The number of aryl methyl sites for hydroxylation is 2. The zero-order chi connectivity index (χ0) is 25.2. The van der Waals surface area contributed by atoms with E-state index in [0.29, 0.717) is 37.4 Å². The Labute approximate surface area is 203 Å². The van der Waals surface area contributed by atoms with Crippen LogP contribution in [-0.2, 0) is 19.6 Å². The third kappa shape index (κ3) is 5.65. The summed E-state index contributed by atoms with van der Waals surface area (Å²) in [6.45, 7) is 6.36. The van der Waals surface area contributed by atoms with Crippen LogP contribution < -0.4 is 14.9 Å². The second-order valence-electron chi connectivity index (χ2n) is 8.53. The van der Waals surface area contributed by atoms with Gasteiger partial charge in [-0.05, 0) is 69.2 Å². The number of anilines is 2. The van der Waals surface area contributed by atoms with Gasteiger partial charge in [0, 0.05) is 37.3 Å². The number of nitrogens with zero attached hydrogens (tertiary/aromatic N) is 5. The molecule has 0 atom stereocenters. The molecule has 12 heteroatoms. The van der Waals surface area contributed by atoms with E-state index in [9.17, 15) is 18.0 Å². The molecule has 11 nitrogen and oxygen atoms in total. The number of nitrogens with one attached hydrogen (secondary N) is 2. The standard InChI is InChI=1S/C23H27N7O4S/c1-15-14-16(2)30(27-15)22-9-8-21(25-26-22)29-12-10-18(11-13-29)23(32)24-19-4-6-20(7-5-19)35(33,34)28-17(3)31/h4-9,14,18H,10-13H2,1-3H3,(H,24,32)(H,28,31). The number of hydrogen-bond donors (Lipinski definition) is 2. The van der Waals surface area contributed by atoms with E-state index in [1.807, 2.05) is 36.8 Å². The minimum Gasteiger partial charge on any atom is -0.355 e. The van der Waals surface area contributed by atoms with Crippen molar-refractivity contribution in [2.45, 2.75) is 38.5 Å². The van der Waals surface area contributed by atoms with Crippen molar-refractivity contribution in [3.63, 3.8) is 0 Å². The van der Waals surface area contributed by atoms with E-state index in [2.05, 4.69) is 25.5 Å². The van der Waals surface area contributed by atoms with E-state index >= 15 is 0 Å². The van der Waals surface area contributed by atoms with Gasteiger partial charge < -0.3 is 10.2 Å². The van der Waals surface area contributed by atoms with Crippen molar-refractivity contribution in [2.75, 3.05) is 23.3 Å². The normalized spacial score (nSPS) is 14.5. The predicted molar refractivity (Wildman–Crippen MR) is 130 cm³/mol. The molecule has 0 radical (unpaired) electrons. The van der Waals surface area contributed by atoms with Gasteiger partial charge in [0.05, 0.1) is 10.6 Å². The van der Waals surface area contributed by atoms with Crippen LogP contribution in [0.1, 0.15) is 31.2 Å². The Hall–Kier alpha value is -3.80. The molecule has 1 aromatic carbocycles. The fourth-order valence-electron chi connectivity index (χ4n) is 4.04. The quantitative estimate of drug-likeness (QED) is 0.527. The van der Waals surface area contributed by atoms with Crippen LogP contribution in [0.5, 0.6) is 0 Å². The average Bonchev–Trinajstić information content (AvgIpc) is 3.16. The van der Waals surface area contributed by atoms with Crippen molar-refractivity contribution < 1.29 is 18.0 Å². The molecule has 1 aliphatic rings. The van der Waals surface area contributed by atoms with E-state index < -0.39 is 15.9 Å². The Kier molecular flexibility index (Phi) is 6.83. The van der Waals surface area contributed by atoms with Crippen molar-refractivity contribution in [3.8, 4) is 5.82 Å². The number of aromatic nitrogens is 4. The fourth-order valence-corrected chi connectivity index (χ4v) is 5.03. The molecule has 184 valence electrons. The number of amides is 2. The molecule has 1 fully saturated rings. The average molecular weight is 498 g/mol. The summed E-state index contributed by atoms with van der Waals surface area (Å²) in [5, 5.41) is 15.9. The van der Waals surface area contributed by atoms with Crippen LogP contribution in [0, 0.1) is 19.8 Å². The summed E-state index contributed by atoms with van der Waals surface area (Å²) < 4.78 is 27.7. The molecule has 2 N–H and O–H groups in total. The lowest BCUT2D eigenvalue weighted by Crippen LogP contribution is -2.38. The Morgan fingerprint density at radius 3 is 2.14 bits per heavy atom. The number of sulfonamides is 1. The zero-order valence-corrected chi connectivity index (χ0v) is 20.5. The van der Waals surface area contributed by atoms with E-state index in [1.54, 1.807) is 4.68 Å². The number of carbonyl (C=O) groups is 2. The lowest BCUT2D eigenvalue weighted by Gasteiger charge is -2.31. The molecule has 3 heterocycles. The molecule has 0 aliphatic carbocycles. The second-order valence-corrected chi connectivity index (χ2v) is 10.2. The topological polar surface area (TPSA) is 139 Å². The number of hydrogen-bond acceptors (Lipinski definition) is 8. The summed E-state index contributed by atoms with van der Waals surface area (Å²) in [6.07, 6.45) is 1.31. The number of carbonyl (C=O) groups excluding carboxylic acids is 2. The molecular formula is C23H27N7O4S. The van der Waals surface area contributed by atoms with Gasteiger partial charge in [-0.3, -0.25) is 9.59 Å². The maximum absolute atomic E-state index is 12.7. The van der Waals surface area contributed by atoms with Crippen LogP contribution in [0.3, 0.4) is 0 Å². The first-order valence-corrected chi connectivity index (χ1v) is 12.7. The van der Waals surface area contributed by atoms with E-state index in [1.165, 1.54) is 24.3 Å². The smallest absolute Gasteiger partial charge is 0.264 e. The molecule has 1 saturated heterocycles. The maximum atomic E-state index is 12.7. The van der Waals surface area contributed by atoms with Gasteiger partial charge in [-0.25, -0.2) is 17.8 Å². The predicted octanol–water partition coefficient (Wildman–Crippen LogP) is 1.96. The third-order valence-electron chi connectivity index (χ3n) is 5.76. The molecule has 2 aromatic heterocycles. The molecule has 1 aliphatic heterocycles. The number of piperidine rings is 1.